The maximum atomic E-state index is 5.40. The lowest BCUT2D eigenvalue weighted by Crippen LogP contribution is -2.37. The third kappa shape index (κ3) is 1.93. The van der Waals surface area contributed by atoms with Gasteiger partial charge in [0, 0.05) is 19.3 Å². The minimum absolute atomic E-state index is 0.400. The van der Waals surface area contributed by atoms with Crippen molar-refractivity contribution in [2.45, 2.75) is 0 Å². The minimum Gasteiger partial charge on any atom is -0.378 e. The summed E-state index contributed by atoms with van der Waals surface area (Å²) in [6, 6.07) is 3.74. The molecular formula is C11H14N6O. The summed E-state index contributed by atoms with van der Waals surface area (Å²) in [6.07, 6.45) is 1.74. The normalized spacial score (nSPS) is 15.9. The fraction of sp³-hybridized carbons (Fsp3) is 0.364. The molecule has 0 saturated carbocycles. The monoisotopic (exact) mass is 246 g/mol. The van der Waals surface area contributed by atoms with Crippen LogP contribution >= 0.6 is 0 Å². The Morgan fingerprint density at radius 1 is 1.28 bits per heavy atom. The molecule has 0 bridgehead atoms. The standard InChI is InChI=1S/C11H14N6O/c12-16-11-14-8-2-1-3-13-9(8)10(15-11)17-4-6-18-7-5-17/h1-3H,4-7,12H2,(H,14,15,16). The van der Waals surface area contributed by atoms with Gasteiger partial charge < -0.3 is 9.64 Å². The van der Waals surface area contributed by atoms with Crippen molar-refractivity contribution in [1.29, 1.82) is 0 Å². The molecule has 0 unspecified atom stereocenters. The second-order valence-corrected chi connectivity index (χ2v) is 3.99. The van der Waals surface area contributed by atoms with Gasteiger partial charge in [0.15, 0.2) is 5.82 Å². The molecule has 0 aromatic carbocycles. The van der Waals surface area contributed by atoms with Gasteiger partial charge in [-0.15, -0.1) is 0 Å². The van der Waals surface area contributed by atoms with Crippen molar-refractivity contribution < 1.29 is 4.74 Å². The van der Waals surface area contributed by atoms with Gasteiger partial charge in [0.2, 0.25) is 5.95 Å². The first-order valence-corrected chi connectivity index (χ1v) is 5.80. The molecule has 1 fully saturated rings. The molecule has 1 aliphatic heterocycles. The van der Waals surface area contributed by atoms with Crippen LogP contribution in [-0.2, 0) is 4.74 Å². The Kier molecular flexibility index (Phi) is 2.91. The topological polar surface area (TPSA) is 89.2 Å². The first-order valence-electron chi connectivity index (χ1n) is 5.80. The SMILES string of the molecule is NNc1nc(N2CCOCC2)c2ncccc2n1. The molecule has 3 rings (SSSR count). The van der Waals surface area contributed by atoms with Gasteiger partial charge in [-0.1, -0.05) is 0 Å². The molecule has 18 heavy (non-hydrogen) atoms. The molecule has 2 aromatic heterocycles. The summed E-state index contributed by atoms with van der Waals surface area (Å²) in [4.78, 5) is 15.2. The van der Waals surface area contributed by atoms with Crippen molar-refractivity contribution in [2.24, 2.45) is 5.84 Å². The van der Waals surface area contributed by atoms with E-state index in [1.54, 1.807) is 6.20 Å². The van der Waals surface area contributed by atoms with Gasteiger partial charge >= 0.3 is 0 Å². The first kappa shape index (κ1) is 11.1. The van der Waals surface area contributed by atoms with Gasteiger partial charge in [-0.25, -0.2) is 10.8 Å². The average Bonchev–Trinajstić information content (AvgIpc) is 2.47. The number of nitrogens with one attached hydrogen (secondary N) is 1. The van der Waals surface area contributed by atoms with Gasteiger partial charge in [-0.05, 0) is 12.1 Å². The number of ether oxygens (including phenoxy) is 1. The maximum absolute atomic E-state index is 5.40. The highest BCUT2D eigenvalue weighted by Crippen LogP contribution is 2.23. The highest BCUT2D eigenvalue weighted by molar-refractivity contribution is 5.86. The lowest BCUT2D eigenvalue weighted by molar-refractivity contribution is 0.122. The Morgan fingerprint density at radius 2 is 2.11 bits per heavy atom. The molecule has 0 radical (unpaired) electrons. The Morgan fingerprint density at radius 3 is 2.89 bits per heavy atom. The number of fused-ring (bicyclic) bond motifs is 1. The van der Waals surface area contributed by atoms with Crippen LogP contribution in [0.15, 0.2) is 18.3 Å². The number of hydrogen-bond acceptors (Lipinski definition) is 7. The van der Waals surface area contributed by atoms with Crippen molar-refractivity contribution in [2.75, 3.05) is 36.6 Å². The van der Waals surface area contributed by atoms with Crippen LogP contribution in [0.25, 0.3) is 11.0 Å². The molecule has 3 heterocycles. The fourth-order valence-electron chi connectivity index (χ4n) is 2.01. The summed E-state index contributed by atoms with van der Waals surface area (Å²) in [6.45, 7) is 2.99. The summed E-state index contributed by atoms with van der Waals surface area (Å²) in [5, 5.41) is 0. The van der Waals surface area contributed by atoms with E-state index in [0.29, 0.717) is 19.2 Å². The van der Waals surface area contributed by atoms with Gasteiger partial charge in [-0.2, -0.15) is 4.98 Å². The molecule has 0 aliphatic carbocycles. The molecule has 0 atom stereocenters. The number of nitrogens with zero attached hydrogens (tertiary/aromatic N) is 4. The van der Waals surface area contributed by atoms with E-state index in [1.165, 1.54) is 0 Å². The quantitative estimate of drug-likeness (QED) is 0.575. The molecule has 2 aromatic rings. The summed E-state index contributed by atoms with van der Waals surface area (Å²) >= 11 is 0. The molecule has 0 amide bonds. The molecule has 7 heteroatoms. The number of pyridine rings is 1. The predicted molar refractivity (Wildman–Crippen MR) is 68.2 cm³/mol. The average molecular weight is 246 g/mol. The van der Waals surface area contributed by atoms with Gasteiger partial charge in [-0.3, -0.25) is 10.4 Å². The zero-order valence-corrected chi connectivity index (χ0v) is 9.83. The number of morpholine rings is 1. The summed E-state index contributed by atoms with van der Waals surface area (Å²) < 4.78 is 5.34. The van der Waals surface area contributed by atoms with E-state index in [9.17, 15) is 0 Å². The number of nitrogen functional groups attached to an aromatic ring is 1. The Hall–Kier alpha value is -1.99. The number of anilines is 2. The molecule has 1 aliphatic rings. The van der Waals surface area contributed by atoms with E-state index < -0.39 is 0 Å². The first-order chi connectivity index (χ1) is 8.88. The van der Waals surface area contributed by atoms with Crippen molar-refractivity contribution >= 4 is 22.8 Å². The van der Waals surface area contributed by atoms with Gasteiger partial charge in [0.25, 0.3) is 0 Å². The molecular weight excluding hydrogens is 232 g/mol. The minimum atomic E-state index is 0.400. The highest BCUT2D eigenvalue weighted by atomic mass is 16.5. The van der Waals surface area contributed by atoms with E-state index in [2.05, 4.69) is 25.3 Å². The fourth-order valence-corrected chi connectivity index (χ4v) is 2.01. The highest BCUT2D eigenvalue weighted by Gasteiger charge is 2.17. The van der Waals surface area contributed by atoms with Crippen LogP contribution in [0.3, 0.4) is 0 Å². The molecule has 1 saturated heterocycles. The third-order valence-corrected chi connectivity index (χ3v) is 2.88. The molecule has 0 spiro atoms. The van der Waals surface area contributed by atoms with Crippen LogP contribution in [0.2, 0.25) is 0 Å². The number of rotatable bonds is 2. The third-order valence-electron chi connectivity index (χ3n) is 2.88. The van der Waals surface area contributed by atoms with E-state index in [1.807, 2.05) is 12.1 Å². The van der Waals surface area contributed by atoms with Crippen LogP contribution < -0.4 is 16.2 Å². The van der Waals surface area contributed by atoms with Crippen LogP contribution in [0.4, 0.5) is 11.8 Å². The zero-order chi connectivity index (χ0) is 12.4. The van der Waals surface area contributed by atoms with Crippen molar-refractivity contribution in [3.63, 3.8) is 0 Å². The van der Waals surface area contributed by atoms with Gasteiger partial charge in [0.05, 0.1) is 18.7 Å². The molecule has 3 N–H and O–H groups in total. The Bertz CT molecular complexity index is 554. The van der Waals surface area contributed by atoms with Crippen LogP contribution in [0.1, 0.15) is 0 Å². The number of hydrogen-bond donors (Lipinski definition) is 2. The van der Waals surface area contributed by atoms with Gasteiger partial charge in [0.1, 0.15) is 5.52 Å². The smallest absolute Gasteiger partial charge is 0.239 e. The second-order valence-electron chi connectivity index (χ2n) is 3.99. The summed E-state index contributed by atoms with van der Waals surface area (Å²) in [7, 11) is 0. The predicted octanol–water partition coefficient (Wildman–Crippen LogP) is 0.147. The van der Waals surface area contributed by atoms with E-state index in [-0.39, 0.29) is 0 Å². The van der Waals surface area contributed by atoms with E-state index >= 15 is 0 Å². The number of nitrogens with two attached hydrogens (primary N) is 1. The summed E-state index contributed by atoms with van der Waals surface area (Å²) in [5.41, 5.74) is 4.06. The largest absolute Gasteiger partial charge is 0.378 e. The van der Waals surface area contributed by atoms with Crippen molar-refractivity contribution in [3.8, 4) is 0 Å². The van der Waals surface area contributed by atoms with Crippen molar-refractivity contribution in [1.82, 2.24) is 15.0 Å². The lowest BCUT2D eigenvalue weighted by Gasteiger charge is -2.28. The van der Waals surface area contributed by atoms with Crippen LogP contribution in [-0.4, -0.2) is 41.3 Å². The van der Waals surface area contributed by atoms with E-state index in [4.69, 9.17) is 10.6 Å². The van der Waals surface area contributed by atoms with Crippen LogP contribution in [0, 0.1) is 0 Å². The zero-order valence-electron chi connectivity index (χ0n) is 9.83. The second kappa shape index (κ2) is 4.71. The number of hydrazine groups is 1. The van der Waals surface area contributed by atoms with E-state index in [0.717, 1.165) is 29.9 Å². The maximum Gasteiger partial charge on any atom is 0.239 e. The van der Waals surface area contributed by atoms with Crippen molar-refractivity contribution in [3.05, 3.63) is 18.3 Å². The summed E-state index contributed by atoms with van der Waals surface area (Å²) in [5.74, 6) is 6.60. The van der Waals surface area contributed by atoms with Crippen LogP contribution in [0.5, 0.6) is 0 Å². The number of aromatic nitrogens is 3. The molecule has 7 nitrogen and oxygen atoms in total. The molecule has 94 valence electrons. The Labute approximate surface area is 104 Å². The lowest BCUT2D eigenvalue weighted by atomic mass is 10.3. The Balaban J connectivity index is 2.12.